The van der Waals surface area contributed by atoms with Crippen LogP contribution >= 0.6 is 0 Å². The molecule has 0 saturated carbocycles. The molecule has 0 radical (unpaired) electrons. The van der Waals surface area contributed by atoms with Gasteiger partial charge in [0.2, 0.25) is 10.0 Å². The van der Waals surface area contributed by atoms with Crippen LogP contribution in [0.1, 0.15) is 30.9 Å². The van der Waals surface area contributed by atoms with Crippen molar-refractivity contribution >= 4 is 16.0 Å². The lowest BCUT2D eigenvalue weighted by Crippen LogP contribution is -2.43. The molecule has 2 rings (SSSR count). The van der Waals surface area contributed by atoms with E-state index >= 15 is 0 Å². The zero-order chi connectivity index (χ0) is 18.6. The monoisotopic (exact) mass is 361 g/mol. The van der Waals surface area contributed by atoms with Gasteiger partial charge < -0.3 is 5.11 Å². The van der Waals surface area contributed by atoms with Crippen molar-refractivity contribution in [2.45, 2.75) is 37.1 Å². The Labute approximate surface area is 149 Å². The zero-order valence-electron chi connectivity index (χ0n) is 14.6. The van der Waals surface area contributed by atoms with Crippen LogP contribution in [0.4, 0.5) is 0 Å². The molecule has 0 aromatic heterocycles. The van der Waals surface area contributed by atoms with E-state index in [4.69, 9.17) is 0 Å². The maximum atomic E-state index is 12.7. The van der Waals surface area contributed by atoms with Crippen LogP contribution in [0.15, 0.2) is 59.5 Å². The molecule has 0 spiro atoms. The molecule has 0 heterocycles. The third-order valence-electron chi connectivity index (χ3n) is 4.22. The molecule has 2 aromatic carbocycles. The summed E-state index contributed by atoms with van der Waals surface area (Å²) in [5, 5.41) is 9.55. The summed E-state index contributed by atoms with van der Waals surface area (Å²) >= 11 is 0. The van der Waals surface area contributed by atoms with E-state index in [0.717, 1.165) is 15.4 Å². The van der Waals surface area contributed by atoms with Gasteiger partial charge in [0.25, 0.3) is 0 Å². The predicted octanol–water partition coefficient (Wildman–Crippen LogP) is 3.13. The van der Waals surface area contributed by atoms with Crippen molar-refractivity contribution < 1.29 is 18.3 Å². The van der Waals surface area contributed by atoms with Gasteiger partial charge >= 0.3 is 5.97 Å². The fourth-order valence-electron chi connectivity index (χ4n) is 2.56. The molecule has 1 N–H and O–H groups in total. The van der Waals surface area contributed by atoms with Crippen LogP contribution in [0, 0.1) is 0 Å². The number of carbonyl (C=O) groups is 1. The zero-order valence-corrected chi connectivity index (χ0v) is 15.4. The van der Waals surface area contributed by atoms with Crippen molar-refractivity contribution in [3.8, 4) is 0 Å². The molecule has 5 nitrogen and oxygen atoms in total. The van der Waals surface area contributed by atoms with Crippen LogP contribution in [0.3, 0.4) is 0 Å². The Hall–Kier alpha value is -2.18. The number of sulfonamides is 1. The maximum absolute atomic E-state index is 12.7. The van der Waals surface area contributed by atoms with Crippen LogP contribution in [-0.4, -0.2) is 36.9 Å². The molecule has 0 fully saturated rings. The van der Waals surface area contributed by atoms with Crippen LogP contribution in [-0.2, 0) is 21.2 Å². The second kappa shape index (κ2) is 7.80. The number of carboxylic acids is 1. The first kappa shape index (κ1) is 19.1. The van der Waals surface area contributed by atoms with Gasteiger partial charge in [-0.25, -0.2) is 8.42 Å². The smallest absolute Gasteiger partial charge is 0.322 e. The number of carboxylic acid groups (broad SMARTS) is 1. The van der Waals surface area contributed by atoms with Crippen molar-refractivity contribution in [1.29, 1.82) is 0 Å². The fraction of sp³-hybridized carbons (Fsp3) is 0.316. The normalized spacial score (nSPS) is 13.2. The van der Waals surface area contributed by atoms with E-state index in [1.165, 1.54) is 19.2 Å². The Balaban J connectivity index is 2.27. The number of rotatable bonds is 7. The lowest BCUT2D eigenvalue weighted by molar-refractivity contribution is -0.141. The maximum Gasteiger partial charge on any atom is 0.322 e. The quantitative estimate of drug-likeness (QED) is 0.822. The van der Waals surface area contributed by atoms with Crippen LogP contribution < -0.4 is 0 Å². The molecule has 6 heteroatoms. The molecular formula is C19H23NO4S. The summed E-state index contributed by atoms with van der Waals surface area (Å²) in [7, 11) is -2.56. The summed E-state index contributed by atoms with van der Waals surface area (Å²) in [6.45, 7) is 4.16. The molecule has 0 unspecified atom stereocenters. The van der Waals surface area contributed by atoms with E-state index in [0.29, 0.717) is 5.92 Å². The van der Waals surface area contributed by atoms with Gasteiger partial charge in [-0.2, -0.15) is 4.31 Å². The van der Waals surface area contributed by atoms with Gasteiger partial charge in [-0.1, -0.05) is 56.3 Å². The lowest BCUT2D eigenvalue weighted by atomic mass is 9.99. The summed E-state index contributed by atoms with van der Waals surface area (Å²) in [6.07, 6.45) is 0.107. The van der Waals surface area contributed by atoms with Crippen LogP contribution in [0.5, 0.6) is 0 Å². The molecular weight excluding hydrogens is 338 g/mol. The first-order chi connectivity index (χ1) is 11.7. The van der Waals surface area contributed by atoms with E-state index in [-0.39, 0.29) is 11.3 Å². The minimum Gasteiger partial charge on any atom is -0.480 e. The van der Waals surface area contributed by atoms with Gasteiger partial charge in [0.1, 0.15) is 6.04 Å². The van der Waals surface area contributed by atoms with E-state index in [1.807, 2.05) is 24.3 Å². The largest absolute Gasteiger partial charge is 0.480 e. The molecule has 0 aliphatic rings. The third-order valence-corrected chi connectivity index (χ3v) is 6.10. The van der Waals surface area contributed by atoms with Gasteiger partial charge in [0, 0.05) is 7.05 Å². The Morgan fingerprint density at radius 2 is 1.60 bits per heavy atom. The third kappa shape index (κ3) is 4.46. The van der Waals surface area contributed by atoms with Gasteiger partial charge in [0.05, 0.1) is 4.90 Å². The molecule has 0 bridgehead atoms. The van der Waals surface area contributed by atoms with E-state index in [2.05, 4.69) is 13.8 Å². The number of hydrogen-bond acceptors (Lipinski definition) is 3. The Kier molecular flexibility index (Phi) is 5.98. The molecule has 0 amide bonds. The SMILES string of the molecule is CC(C)c1ccc(C[C@@H](C(=O)O)N(C)S(=O)(=O)c2ccccc2)cc1. The summed E-state index contributed by atoms with van der Waals surface area (Å²) < 4.78 is 26.3. The Bertz CT molecular complexity index is 814. The predicted molar refractivity (Wildman–Crippen MR) is 97.0 cm³/mol. The van der Waals surface area contributed by atoms with E-state index in [9.17, 15) is 18.3 Å². The first-order valence-electron chi connectivity index (χ1n) is 8.08. The first-order valence-corrected chi connectivity index (χ1v) is 9.52. The Morgan fingerprint density at radius 3 is 2.08 bits per heavy atom. The van der Waals surface area contributed by atoms with Gasteiger partial charge in [-0.15, -0.1) is 0 Å². The lowest BCUT2D eigenvalue weighted by Gasteiger charge is -2.24. The summed E-state index contributed by atoms with van der Waals surface area (Å²) in [5.41, 5.74) is 1.94. The number of likely N-dealkylation sites (N-methyl/N-ethyl adjacent to an activating group) is 1. The van der Waals surface area contributed by atoms with Crippen molar-refractivity contribution in [2.24, 2.45) is 0 Å². The van der Waals surface area contributed by atoms with Crippen molar-refractivity contribution in [2.75, 3.05) is 7.05 Å². The topological polar surface area (TPSA) is 74.7 Å². The molecule has 0 aliphatic heterocycles. The van der Waals surface area contributed by atoms with Crippen LogP contribution in [0.25, 0.3) is 0 Å². The van der Waals surface area contributed by atoms with Crippen molar-refractivity contribution in [3.05, 3.63) is 65.7 Å². The van der Waals surface area contributed by atoms with Gasteiger partial charge in [-0.3, -0.25) is 4.79 Å². The molecule has 2 aromatic rings. The van der Waals surface area contributed by atoms with Gasteiger partial charge in [0.15, 0.2) is 0 Å². The van der Waals surface area contributed by atoms with E-state index < -0.39 is 22.0 Å². The fourth-order valence-corrected chi connectivity index (χ4v) is 3.89. The average Bonchev–Trinajstić information content (AvgIpc) is 2.60. The number of benzene rings is 2. The average molecular weight is 361 g/mol. The Morgan fingerprint density at radius 1 is 1.04 bits per heavy atom. The minimum atomic E-state index is -3.87. The highest BCUT2D eigenvalue weighted by Gasteiger charge is 2.32. The standard InChI is InChI=1S/C19H23NO4S/c1-14(2)16-11-9-15(10-12-16)13-18(19(21)22)20(3)25(23,24)17-7-5-4-6-8-17/h4-12,14,18H,13H2,1-3H3,(H,21,22)/t18-/m0/s1. The number of aliphatic carboxylic acids is 1. The molecule has 134 valence electrons. The van der Waals surface area contributed by atoms with Crippen molar-refractivity contribution in [1.82, 2.24) is 4.31 Å². The van der Waals surface area contributed by atoms with Crippen molar-refractivity contribution in [3.63, 3.8) is 0 Å². The number of hydrogen-bond donors (Lipinski definition) is 1. The highest BCUT2D eigenvalue weighted by Crippen LogP contribution is 2.20. The summed E-state index contributed by atoms with van der Waals surface area (Å²) in [5.74, 6) is -0.791. The molecule has 0 saturated heterocycles. The highest BCUT2D eigenvalue weighted by molar-refractivity contribution is 7.89. The molecule has 1 atom stereocenters. The second-order valence-electron chi connectivity index (χ2n) is 6.29. The van der Waals surface area contributed by atoms with Gasteiger partial charge in [-0.05, 0) is 35.6 Å². The van der Waals surface area contributed by atoms with Crippen LogP contribution in [0.2, 0.25) is 0 Å². The second-order valence-corrected chi connectivity index (χ2v) is 8.29. The molecule has 0 aliphatic carbocycles. The summed E-state index contributed by atoms with van der Waals surface area (Å²) in [6, 6.07) is 14.3. The minimum absolute atomic E-state index is 0.0823. The highest BCUT2D eigenvalue weighted by atomic mass is 32.2. The summed E-state index contributed by atoms with van der Waals surface area (Å²) in [4.78, 5) is 11.8. The molecule has 25 heavy (non-hydrogen) atoms. The van der Waals surface area contributed by atoms with E-state index in [1.54, 1.807) is 18.2 Å². The number of nitrogens with zero attached hydrogens (tertiary/aromatic N) is 1.